The van der Waals surface area contributed by atoms with Crippen LogP contribution >= 0.6 is 0 Å². The second-order valence-electron chi connectivity index (χ2n) is 3.35. The van der Waals surface area contributed by atoms with Crippen LogP contribution in [0.4, 0.5) is 0 Å². The summed E-state index contributed by atoms with van der Waals surface area (Å²) in [5.41, 5.74) is 10.0. The van der Waals surface area contributed by atoms with Gasteiger partial charge in [-0.1, -0.05) is 23.8 Å². The van der Waals surface area contributed by atoms with E-state index in [4.69, 9.17) is 5.73 Å². The Labute approximate surface area is 67.2 Å². The van der Waals surface area contributed by atoms with Crippen LogP contribution in [0, 0.1) is 6.92 Å². The highest BCUT2D eigenvalue weighted by Gasteiger charge is 2.17. The Morgan fingerprint density at radius 2 is 2.27 bits per heavy atom. The van der Waals surface area contributed by atoms with Crippen LogP contribution in [0.3, 0.4) is 0 Å². The molecule has 0 spiro atoms. The minimum atomic E-state index is 0.296. The van der Waals surface area contributed by atoms with Gasteiger partial charge in [-0.05, 0) is 30.9 Å². The van der Waals surface area contributed by atoms with Crippen LogP contribution in [0.15, 0.2) is 18.2 Å². The Morgan fingerprint density at radius 1 is 1.45 bits per heavy atom. The number of rotatable bonds is 0. The molecule has 2 N–H and O–H groups in total. The zero-order chi connectivity index (χ0) is 7.84. The standard InChI is InChI=1S/C10H13N/c1-7-2-3-8-4-5-10(11)9(8)6-7/h2-3,6,10H,4-5,11H2,1H3. The molecule has 58 valence electrons. The molecule has 1 aromatic carbocycles. The summed E-state index contributed by atoms with van der Waals surface area (Å²) < 4.78 is 0. The number of hydrogen-bond acceptors (Lipinski definition) is 1. The Morgan fingerprint density at radius 3 is 3.09 bits per heavy atom. The van der Waals surface area contributed by atoms with Gasteiger partial charge in [0.05, 0.1) is 0 Å². The summed E-state index contributed by atoms with van der Waals surface area (Å²) in [5, 5.41) is 0. The Hall–Kier alpha value is -0.820. The van der Waals surface area contributed by atoms with Crippen LogP contribution in [0.25, 0.3) is 0 Å². The number of hydrogen-bond donors (Lipinski definition) is 1. The van der Waals surface area contributed by atoms with E-state index < -0.39 is 0 Å². The molecule has 1 aromatic rings. The van der Waals surface area contributed by atoms with E-state index >= 15 is 0 Å². The third kappa shape index (κ3) is 1.05. The van der Waals surface area contributed by atoms with Gasteiger partial charge in [0.25, 0.3) is 0 Å². The second-order valence-corrected chi connectivity index (χ2v) is 3.35. The quantitative estimate of drug-likeness (QED) is 0.596. The van der Waals surface area contributed by atoms with Crippen LogP contribution < -0.4 is 5.73 Å². The van der Waals surface area contributed by atoms with Gasteiger partial charge >= 0.3 is 0 Å². The van der Waals surface area contributed by atoms with Crippen molar-refractivity contribution in [1.29, 1.82) is 0 Å². The van der Waals surface area contributed by atoms with Crippen molar-refractivity contribution in [3.8, 4) is 0 Å². The lowest BCUT2D eigenvalue weighted by Gasteiger charge is -2.04. The monoisotopic (exact) mass is 147 g/mol. The van der Waals surface area contributed by atoms with E-state index in [1.54, 1.807) is 0 Å². The Kier molecular flexibility index (Phi) is 1.46. The summed E-state index contributed by atoms with van der Waals surface area (Å²) in [6.07, 6.45) is 2.29. The van der Waals surface area contributed by atoms with E-state index in [0.29, 0.717) is 6.04 Å². The van der Waals surface area contributed by atoms with Gasteiger partial charge in [0.2, 0.25) is 0 Å². The van der Waals surface area contributed by atoms with E-state index in [9.17, 15) is 0 Å². The molecule has 1 atom stereocenters. The van der Waals surface area contributed by atoms with Crippen molar-refractivity contribution in [2.75, 3.05) is 0 Å². The molecule has 11 heavy (non-hydrogen) atoms. The third-order valence-electron chi connectivity index (χ3n) is 2.43. The molecular formula is C10H13N. The maximum atomic E-state index is 5.92. The lowest BCUT2D eigenvalue weighted by atomic mass is 10.1. The van der Waals surface area contributed by atoms with Gasteiger partial charge in [0.15, 0.2) is 0 Å². The maximum absolute atomic E-state index is 5.92. The van der Waals surface area contributed by atoms with Crippen LogP contribution in [0.5, 0.6) is 0 Å². The number of benzene rings is 1. The minimum Gasteiger partial charge on any atom is -0.324 e. The molecule has 0 aliphatic heterocycles. The molecule has 1 unspecified atom stereocenters. The molecule has 0 saturated carbocycles. The van der Waals surface area contributed by atoms with Crippen LogP contribution in [0.1, 0.15) is 29.2 Å². The zero-order valence-electron chi connectivity index (χ0n) is 6.80. The molecule has 1 nitrogen and oxygen atoms in total. The highest BCUT2D eigenvalue weighted by molar-refractivity contribution is 5.37. The fourth-order valence-corrected chi connectivity index (χ4v) is 1.75. The molecular weight excluding hydrogens is 134 g/mol. The van der Waals surface area contributed by atoms with Gasteiger partial charge in [-0.25, -0.2) is 0 Å². The van der Waals surface area contributed by atoms with Crippen molar-refractivity contribution in [2.45, 2.75) is 25.8 Å². The topological polar surface area (TPSA) is 26.0 Å². The molecule has 0 bridgehead atoms. The van der Waals surface area contributed by atoms with Gasteiger partial charge in [-0.15, -0.1) is 0 Å². The van der Waals surface area contributed by atoms with E-state index in [1.807, 2.05) is 0 Å². The highest BCUT2D eigenvalue weighted by atomic mass is 14.6. The largest absolute Gasteiger partial charge is 0.324 e. The first-order valence-corrected chi connectivity index (χ1v) is 4.12. The second kappa shape index (κ2) is 2.35. The first-order valence-electron chi connectivity index (χ1n) is 4.12. The first-order chi connectivity index (χ1) is 5.27. The molecule has 1 aliphatic carbocycles. The molecule has 1 heteroatoms. The van der Waals surface area contributed by atoms with Crippen molar-refractivity contribution in [2.24, 2.45) is 5.73 Å². The molecule has 0 fully saturated rings. The van der Waals surface area contributed by atoms with E-state index in [-0.39, 0.29) is 0 Å². The average molecular weight is 147 g/mol. The van der Waals surface area contributed by atoms with E-state index in [0.717, 1.165) is 12.8 Å². The molecule has 0 amide bonds. The van der Waals surface area contributed by atoms with E-state index in [1.165, 1.54) is 16.7 Å². The normalized spacial score (nSPS) is 21.8. The predicted octanol–water partition coefficient (Wildman–Crippen LogP) is 1.94. The molecule has 2 rings (SSSR count). The molecule has 1 aliphatic rings. The number of nitrogens with two attached hydrogens (primary N) is 1. The van der Waals surface area contributed by atoms with Crippen molar-refractivity contribution in [1.82, 2.24) is 0 Å². The fourth-order valence-electron chi connectivity index (χ4n) is 1.75. The van der Waals surface area contributed by atoms with Crippen LogP contribution in [-0.2, 0) is 6.42 Å². The summed E-state index contributed by atoms with van der Waals surface area (Å²) in [4.78, 5) is 0. The lowest BCUT2D eigenvalue weighted by Crippen LogP contribution is -2.05. The molecule has 0 heterocycles. The van der Waals surface area contributed by atoms with Gasteiger partial charge in [0.1, 0.15) is 0 Å². The predicted molar refractivity (Wildman–Crippen MR) is 46.4 cm³/mol. The molecule has 0 aromatic heterocycles. The van der Waals surface area contributed by atoms with Crippen molar-refractivity contribution in [3.05, 3.63) is 34.9 Å². The van der Waals surface area contributed by atoms with Crippen LogP contribution in [-0.4, -0.2) is 0 Å². The summed E-state index contributed by atoms with van der Waals surface area (Å²) >= 11 is 0. The van der Waals surface area contributed by atoms with Crippen molar-refractivity contribution < 1.29 is 0 Å². The third-order valence-corrected chi connectivity index (χ3v) is 2.43. The van der Waals surface area contributed by atoms with E-state index in [2.05, 4.69) is 25.1 Å². The summed E-state index contributed by atoms with van der Waals surface area (Å²) in [6.45, 7) is 2.12. The Bertz CT molecular complexity index is 278. The first kappa shape index (κ1) is 6.86. The zero-order valence-corrected chi connectivity index (χ0v) is 6.80. The SMILES string of the molecule is Cc1ccc2c(c1)C(N)CC2. The molecule has 0 radical (unpaired) electrons. The van der Waals surface area contributed by atoms with Crippen LogP contribution in [0.2, 0.25) is 0 Å². The number of fused-ring (bicyclic) bond motifs is 1. The average Bonchev–Trinajstić information content (AvgIpc) is 2.33. The smallest absolute Gasteiger partial charge is 0.0300 e. The number of aryl methyl sites for hydroxylation is 2. The minimum absolute atomic E-state index is 0.296. The van der Waals surface area contributed by atoms with Crippen molar-refractivity contribution in [3.63, 3.8) is 0 Å². The van der Waals surface area contributed by atoms with Gasteiger partial charge in [-0.2, -0.15) is 0 Å². The highest BCUT2D eigenvalue weighted by Crippen LogP contribution is 2.29. The van der Waals surface area contributed by atoms with Crippen molar-refractivity contribution >= 4 is 0 Å². The maximum Gasteiger partial charge on any atom is 0.0300 e. The summed E-state index contributed by atoms with van der Waals surface area (Å²) in [6, 6.07) is 6.88. The summed E-state index contributed by atoms with van der Waals surface area (Å²) in [7, 11) is 0. The molecule has 0 saturated heterocycles. The lowest BCUT2D eigenvalue weighted by molar-refractivity contribution is 0.713. The van der Waals surface area contributed by atoms with Gasteiger partial charge in [-0.3, -0.25) is 0 Å². The van der Waals surface area contributed by atoms with Gasteiger partial charge < -0.3 is 5.73 Å². The fraction of sp³-hybridized carbons (Fsp3) is 0.400. The van der Waals surface area contributed by atoms with Gasteiger partial charge in [0, 0.05) is 6.04 Å². The Balaban J connectivity index is 2.52. The summed E-state index contributed by atoms with van der Waals surface area (Å²) in [5.74, 6) is 0.